The van der Waals surface area contributed by atoms with E-state index >= 15 is 0 Å². The molecule has 0 fully saturated rings. The molecule has 0 aliphatic carbocycles. The van der Waals surface area contributed by atoms with Crippen LogP contribution in [0.4, 0.5) is 0 Å². The molecule has 0 saturated carbocycles. The van der Waals surface area contributed by atoms with E-state index in [2.05, 4.69) is 21.0 Å². The molecule has 0 aliphatic rings. The summed E-state index contributed by atoms with van der Waals surface area (Å²) in [7, 11) is 0. The van der Waals surface area contributed by atoms with Gasteiger partial charge in [0.2, 0.25) is 0 Å². The summed E-state index contributed by atoms with van der Waals surface area (Å²) >= 11 is 0. The van der Waals surface area contributed by atoms with E-state index in [1.807, 2.05) is 25.1 Å². The second-order valence-electron chi connectivity index (χ2n) is 3.70. The maximum atomic E-state index is 8.57. The highest BCUT2D eigenvalue weighted by atomic mass is 14.9. The summed E-state index contributed by atoms with van der Waals surface area (Å²) in [5.74, 6) is 0.721. The Kier molecular flexibility index (Phi) is 3.41. The van der Waals surface area contributed by atoms with E-state index in [0.29, 0.717) is 12.8 Å². The molecule has 4 nitrogen and oxygen atoms in total. The van der Waals surface area contributed by atoms with Crippen molar-refractivity contribution in [2.24, 2.45) is 0 Å². The van der Waals surface area contributed by atoms with E-state index in [9.17, 15) is 0 Å². The minimum atomic E-state index is 0.444. The fourth-order valence-corrected chi connectivity index (χ4v) is 1.58. The van der Waals surface area contributed by atoms with Crippen LogP contribution >= 0.6 is 0 Å². The van der Waals surface area contributed by atoms with E-state index < -0.39 is 0 Å². The molecule has 0 N–H and O–H groups in total. The zero-order valence-electron chi connectivity index (χ0n) is 9.59. The van der Waals surface area contributed by atoms with Crippen LogP contribution in [0.1, 0.15) is 17.9 Å². The average molecular weight is 224 g/mol. The molecule has 0 saturated heterocycles. The minimum Gasteiger partial charge on any atom is -0.265 e. The van der Waals surface area contributed by atoms with Crippen molar-refractivity contribution >= 4 is 0 Å². The van der Waals surface area contributed by atoms with E-state index in [-0.39, 0.29) is 0 Å². The smallest absolute Gasteiger partial charge is 0.130 e. The fraction of sp³-hybridized carbons (Fsp3) is 0.231. The van der Waals surface area contributed by atoms with Gasteiger partial charge < -0.3 is 0 Å². The van der Waals surface area contributed by atoms with Crippen LogP contribution in [-0.2, 0) is 6.42 Å². The normalized spacial score (nSPS) is 9.88. The molecule has 0 spiro atoms. The quantitative estimate of drug-likeness (QED) is 0.802. The van der Waals surface area contributed by atoms with Crippen molar-refractivity contribution in [1.82, 2.24) is 15.0 Å². The van der Waals surface area contributed by atoms with Crippen LogP contribution in [0.2, 0.25) is 0 Å². The first-order chi connectivity index (χ1) is 8.29. The molecule has 2 aromatic heterocycles. The number of hydrogen-bond donors (Lipinski definition) is 0. The lowest BCUT2D eigenvalue weighted by molar-refractivity contribution is 0.873. The Morgan fingerprint density at radius 1 is 1.24 bits per heavy atom. The number of hydrogen-bond acceptors (Lipinski definition) is 4. The molecule has 84 valence electrons. The largest absolute Gasteiger partial charge is 0.265 e. The van der Waals surface area contributed by atoms with Gasteiger partial charge in [0.15, 0.2) is 0 Å². The molecule has 0 aromatic carbocycles. The summed E-state index contributed by atoms with van der Waals surface area (Å²) in [5.41, 5.74) is 2.82. The van der Waals surface area contributed by atoms with Crippen molar-refractivity contribution in [2.75, 3.05) is 0 Å². The first-order valence-electron chi connectivity index (χ1n) is 5.41. The number of nitriles is 1. The zero-order valence-corrected chi connectivity index (χ0v) is 9.59. The Hall–Kier alpha value is -2.28. The van der Waals surface area contributed by atoms with Gasteiger partial charge in [-0.3, -0.25) is 4.98 Å². The first-order valence-corrected chi connectivity index (χ1v) is 5.41. The van der Waals surface area contributed by atoms with Gasteiger partial charge in [-0.05, 0) is 25.1 Å². The lowest BCUT2D eigenvalue weighted by atomic mass is 10.1. The van der Waals surface area contributed by atoms with Crippen molar-refractivity contribution in [3.63, 3.8) is 0 Å². The number of pyridine rings is 1. The number of aryl methyl sites for hydroxylation is 2. The van der Waals surface area contributed by atoms with Gasteiger partial charge in [0.1, 0.15) is 5.82 Å². The van der Waals surface area contributed by atoms with Crippen LogP contribution in [0.15, 0.2) is 30.6 Å². The van der Waals surface area contributed by atoms with Crippen molar-refractivity contribution in [2.45, 2.75) is 19.8 Å². The van der Waals surface area contributed by atoms with Gasteiger partial charge in [0.05, 0.1) is 11.8 Å². The number of aromatic nitrogens is 3. The highest BCUT2D eigenvalue weighted by Crippen LogP contribution is 2.16. The third kappa shape index (κ3) is 2.85. The second-order valence-corrected chi connectivity index (χ2v) is 3.70. The topological polar surface area (TPSA) is 62.5 Å². The lowest BCUT2D eigenvalue weighted by Crippen LogP contribution is -1.99. The molecule has 2 rings (SSSR count). The summed E-state index contributed by atoms with van der Waals surface area (Å²) in [6, 6.07) is 7.87. The Bertz CT molecular complexity index is 543. The Morgan fingerprint density at radius 3 is 2.71 bits per heavy atom. The molecule has 0 unspecified atom stereocenters. The number of rotatable bonds is 3. The van der Waals surface area contributed by atoms with Crippen molar-refractivity contribution in [3.8, 4) is 17.3 Å². The standard InChI is InChI=1S/C13H12N4/c1-10-9-12(11-4-7-15-8-5-11)17-13(16-10)3-2-6-14/h4-5,7-9H,2-3H2,1H3. The third-order valence-electron chi connectivity index (χ3n) is 2.34. The van der Waals surface area contributed by atoms with Gasteiger partial charge in [0.25, 0.3) is 0 Å². The van der Waals surface area contributed by atoms with E-state index in [1.54, 1.807) is 12.4 Å². The first kappa shape index (κ1) is 11.2. The monoisotopic (exact) mass is 224 g/mol. The Labute approximate surface area is 100.0 Å². The molecule has 0 bridgehead atoms. The van der Waals surface area contributed by atoms with Gasteiger partial charge in [0, 0.05) is 36.5 Å². The van der Waals surface area contributed by atoms with Crippen LogP contribution < -0.4 is 0 Å². The molecule has 0 amide bonds. The highest BCUT2D eigenvalue weighted by molar-refractivity contribution is 5.58. The molecule has 0 atom stereocenters. The minimum absolute atomic E-state index is 0.444. The third-order valence-corrected chi connectivity index (χ3v) is 2.34. The van der Waals surface area contributed by atoms with Crippen LogP contribution in [0.25, 0.3) is 11.3 Å². The maximum Gasteiger partial charge on any atom is 0.130 e. The lowest BCUT2D eigenvalue weighted by Gasteiger charge is -2.04. The maximum absolute atomic E-state index is 8.57. The molecule has 0 aliphatic heterocycles. The van der Waals surface area contributed by atoms with Gasteiger partial charge >= 0.3 is 0 Å². The number of nitrogens with zero attached hydrogens (tertiary/aromatic N) is 4. The summed E-state index contributed by atoms with van der Waals surface area (Å²) < 4.78 is 0. The van der Waals surface area contributed by atoms with Crippen molar-refractivity contribution in [3.05, 3.63) is 42.1 Å². The predicted octanol–water partition coefficient (Wildman–Crippen LogP) is 2.30. The summed E-state index contributed by atoms with van der Waals surface area (Å²) in [6.45, 7) is 1.93. The highest BCUT2D eigenvalue weighted by Gasteiger charge is 2.04. The second kappa shape index (κ2) is 5.17. The van der Waals surface area contributed by atoms with Crippen LogP contribution in [0.3, 0.4) is 0 Å². The Morgan fingerprint density at radius 2 is 2.00 bits per heavy atom. The molecule has 0 radical (unpaired) electrons. The van der Waals surface area contributed by atoms with E-state index in [0.717, 1.165) is 22.8 Å². The fourth-order valence-electron chi connectivity index (χ4n) is 1.58. The molecule has 2 heterocycles. The van der Waals surface area contributed by atoms with Gasteiger partial charge in [-0.2, -0.15) is 5.26 Å². The molecule has 4 heteroatoms. The summed E-state index contributed by atoms with van der Waals surface area (Å²) in [6.07, 6.45) is 4.51. The van der Waals surface area contributed by atoms with E-state index in [4.69, 9.17) is 5.26 Å². The van der Waals surface area contributed by atoms with Crippen molar-refractivity contribution < 1.29 is 0 Å². The zero-order chi connectivity index (χ0) is 12.1. The van der Waals surface area contributed by atoms with Crippen molar-refractivity contribution in [1.29, 1.82) is 5.26 Å². The molecule has 17 heavy (non-hydrogen) atoms. The summed E-state index contributed by atoms with van der Waals surface area (Å²) in [4.78, 5) is 12.7. The van der Waals surface area contributed by atoms with Gasteiger partial charge in [-0.15, -0.1) is 0 Å². The predicted molar refractivity (Wildman–Crippen MR) is 63.9 cm³/mol. The van der Waals surface area contributed by atoms with Crippen LogP contribution in [-0.4, -0.2) is 15.0 Å². The Balaban J connectivity index is 2.36. The average Bonchev–Trinajstić information content (AvgIpc) is 2.37. The molecule has 2 aromatic rings. The van der Waals surface area contributed by atoms with Crippen LogP contribution in [0, 0.1) is 18.3 Å². The van der Waals surface area contributed by atoms with Gasteiger partial charge in [-0.25, -0.2) is 9.97 Å². The van der Waals surface area contributed by atoms with E-state index in [1.165, 1.54) is 0 Å². The van der Waals surface area contributed by atoms with Gasteiger partial charge in [-0.1, -0.05) is 0 Å². The summed E-state index contributed by atoms with van der Waals surface area (Å²) in [5, 5.41) is 8.57. The molecular formula is C13H12N4. The van der Waals surface area contributed by atoms with Crippen LogP contribution in [0.5, 0.6) is 0 Å². The SMILES string of the molecule is Cc1cc(-c2ccncc2)nc(CCC#N)n1. The molecular weight excluding hydrogens is 212 g/mol.